The van der Waals surface area contributed by atoms with E-state index in [1.165, 1.54) is 9.40 Å². The molecule has 0 atom stereocenters. The SMILES string of the molecule is N#Cc1cccc(-c2ccc(-c3nc(-c4ccccc4)nc(-c4ccc5c(c4)sc4ccc(-c6nc(-c7ccccc7)c7sc8ccccc8c7n6)cc45)n3)cc2)c1. The zero-order chi connectivity index (χ0) is 38.6. The Labute approximate surface area is 341 Å². The van der Waals surface area contributed by atoms with Crippen LogP contribution in [0.5, 0.6) is 0 Å². The van der Waals surface area contributed by atoms with Gasteiger partial charge in [-0.1, -0.05) is 127 Å². The van der Waals surface area contributed by atoms with Gasteiger partial charge in [0.25, 0.3) is 0 Å². The molecule has 270 valence electrons. The third-order valence-corrected chi connectivity index (χ3v) is 12.7. The predicted molar refractivity (Wildman–Crippen MR) is 239 cm³/mol. The minimum atomic E-state index is 0.590. The summed E-state index contributed by atoms with van der Waals surface area (Å²) in [5.74, 6) is 2.51. The van der Waals surface area contributed by atoms with Crippen molar-refractivity contribution < 1.29 is 0 Å². The van der Waals surface area contributed by atoms with E-state index < -0.39 is 0 Å². The molecule has 0 fully saturated rings. The van der Waals surface area contributed by atoms with Crippen molar-refractivity contribution in [3.63, 3.8) is 0 Å². The van der Waals surface area contributed by atoms with Crippen LogP contribution in [0.25, 0.3) is 108 Å². The lowest BCUT2D eigenvalue weighted by Gasteiger charge is -2.09. The minimum absolute atomic E-state index is 0.590. The van der Waals surface area contributed by atoms with E-state index in [-0.39, 0.29) is 0 Å². The molecule has 8 heteroatoms. The molecule has 0 bridgehead atoms. The highest BCUT2D eigenvalue weighted by Gasteiger charge is 2.18. The van der Waals surface area contributed by atoms with Gasteiger partial charge in [-0.05, 0) is 53.6 Å². The van der Waals surface area contributed by atoms with E-state index in [9.17, 15) is 5.26 Å². The van der Waals surface area contributed by atoms with E-state index in [0.717, 1.165) is 75.7 Å². The van der Waals surface area contributed by atoms with Crippen molar-refractivity contribution in [1.82, 2.24) is 24.9 Å². The predicted octanol–water partition coefficient (Wildman–Crippen LogP) is 13.3. The van der Waals surface area contributed by atoms with Crippen LogP contribution in [-0.2, 0) is 0 Å². The Balaban J connectivity index is 1.00. The normalized spacial score (nSPS) is 11.4. The fourth-order valence-electron chi connectivity index (χ4n) is 7.50. The number of nitriles is 1. The molecule has 0 radical (unpaired) electrons. The summed E-state index contributed by atoms with van der Waals surface area (Å²) in [5, 5.41) is 12.9. The quantitative estimate of drug-likeness (QED) is 0.167. The highest BCUT2D eigenvalue weighted by molar-refractivity contribution is 7.26. The second kappa shape index (κ2) is 13.9. The van der Waals surface area contributed by atoms with Gasteiger partial charge in [0.15, 0.2) is 23.3 Å². The van der Waals surface area contributed by atoms with E-state index in [0.29, 0.717) is 28.9 Å². The molecule has 11 aromatic rings. The zero-order valence-electron chi connectivity index (χ0n) is 30.7. The number of rotatable bonds is 6. The standard InChI is InChI=1S/C50H28N6S2/c51-29-30-10-9-15-35(26-30)31-18-20-34(21-19-31)48-54-47(33-13-5-2-6-14-33)55-50(56-48)37-22-24-38-40-27-36(23-25-42(40)57-43(38)28-37)49-52-44(32-11-3-1-4-12-32)46-45(53-49)39-16-7-8-17-41(39)58-46/h1-28H. The number of benzene rings is 7. The highest BCUT2D eigenvalue weighted by Crippen LogP contribution is 2.41. The molecule has 11 rings (SSSR count). The van der Waals surface area contributed by atoms with Crippen molar-refractivity contribution in [1.29, 1.82) is 5.26 Å². The number of fused-ring (bicyclic) bond motifs is 6. The maximum atomic E-state index is 9.41. The van der Waals surface area contributed by atoms with Crippen molar-refractivity contribution in [3.05, 3.63) is 175 Å². The molecule has 0 aliphatic carbocycles. The summed E-state index contributed by atoms with van der Waals surface area (Å²) in [6, 6.07) is 59.9. The van der Waals surface area contributed by atoms with Gasteiger partial charge >= 0.3 is 0 Å². The Bertz CT molecular complexity index is 3400. The highest BCUT2D eigenvalue weighted by atomic mass is 32.1. The van der Waals surface area contributed by atoms with Crippen LogP contribution in [0.4, 0.5) is 0 Å². The van der Waals surface area contributed by atoms with Gasteiger partial charge < -0.3 is 0 Å². The van der Waals surface area contributed by atoms with Gasteiger partial charge in [0.05, 0.1) is 27.5 Å². The summed E-state index contributed by atoms with van der Waals surface area (Å²) in [6.45, 7) is 0. The monoisotopic (exact) mass is 776 g/mol. The molecule has 0 saturated heterocycles. The average Bonchev–Trinajstić information content (AvgIpc) is 3.87. The number of thiophene rings is 2. The molecule has 0 aliphatic rings. The molecule has 7 aromatic carbocycles. The molecular weight excluding hydrogens is 749 g/mol. The lowest BCUT2D eigenvalue weighted by molar-refractivity contribution is 1.07. The van der Waals surface area contributed by atoms with E-state index >= 15 is 0 Å². The van der Waals surface area contributed by atoms with Crippen LogP contribution in [0.15, 0.2) is 170 Å². The van der Waals surface area contributed by atoms with Crippen LogP contribution in [0, 0.1) is 11.3 Å². The molecule has 58 heavy (non-hydrogen) atoms. The fourth-order valence-corrected chi connectivity index (χ4v) is 9.78. The summed E-state index contributed by atoms with van der Waals surface area (Å²) >= 11 is 3.50. The Morgan fingerprint density at radius 2 is 0.948 bits per heavy atom. The lowest BCUT2D eigenvalue weighted by Crippen LogP contribution is -2.00. The third-order valence-electron chi connectivity index (χ3n) is 10.4. The first-order chi connectivity index (χ1) is 28.6. The smallest absolute Gasteiger partial charge is 0.164 e. The molecule has 4 aromatic heterocycles. The summed E-state index contributed by atoms with van der Waals surface area (Å²) in [4.78, 5) is 25.4. The summed E-state index contributed by atoms with van der Waals surface area (Å²) in [6.07, 6.45) is 0. The maximum absolute atomic E-state index is 9.41. The van der Waals surface area contributed by atoms with Gasteiger partial charge in [0, 0.05) is 58.1 Å². The van der Waals surface area contributed by atoms with Gasteiger partial charge in [-0.3, -0.25) is 0 Å². The molecule has 0 N–H and O–H groups in total. The first-order valence-electron chi connectivity index (χ1n) is 18.8. The molecule has 0 aliphatic heterocycles. The Morgan fingerprint density at radius 3 is 1.72 bits per heavy atom. The number of hydrogen-bond donors (Lipinski definition) is 0. The first kappa shape index (κ1) is 33.9. The summed E-state index contributed by atoms with van der Waals surface area (Å²) in [7, 11) is 0. The number of aromatic nitrogens is 5. The lowest BCUT2D eigenvalue weighted by atomic mass is 10.0. The second-order valence-electron chi connectivity index (χ2n) is 14.0. The molecule has 0 unspecified atom stereocenters. The van der Waals surface area contributed by atoms with Gasteiger partial charge in [-0.25, -0.2) is 24.9 Å². The Hall–Kier alpha value is -7.44. The van der Waals surface area contributed by atoms with Crippen LogP contribution >= 0.6 is 22.7 Å². The van der Waals surface area contributed by atoms with E-state index in [2.05, 4.69) is 91.0 Å². The summed E-state index contributed by atoms with van der Waals surface area (Å²) in [5.41, 5.74) is 9.32. The molecular formula is C50H28N6S2. The molecule has 6 nitrogen and oxygen atoms in total. The first-order valence-corrected chi connectivity index (χ1v) is 20.4. The van der Waals surface area contributed by atoms with Gasteiger partial charge in [0.2, 0.25) is 0 Å². The Kier molecular flexibility index (Phi) is 8.14. The van der Waals surface area contributed by atoms with Crippen molar-refractivity contribution in [3.8, 4) is 74.0 Å². The molecule has 4 heterocycles. The topological polar surface area (TPSA) is 88.2 Å². The molecule has 0 amide bonds. The zero-order valence-corrected chi connectivity index (χ0v) is 32.3. The van der Waals surface area contributed by atoms with Crippen LogP contribution in [0.2, 0.25) is 0 Å². The molecule has 0 saturated carbocycles. The van der Waals surface area contributed by atoms with Crippen LogP contribution in [-0.4, -0.2) is 24.9 Å². The van der Waals surface area contributed by atoms with Crippen LogP contribution in [0.1, 0.15) is 5.56 Å². The van der Waals surface area contributed by atoms with Gasteiger partial charge in [0.1, 0.15) is 0 Å². The molecule has 0 spiro atoms. The van der Waals surface area contributed by atoms with Crippen molar-refractivity contribution in [2.75, 3.05) is 0 Å². The van der Waals surface area contributed by atoms with Crippen LogP contribution < -0.4 is 0 Å². The second-order valence-corrected chi connectivity index (χ2v) is 16.1. The van der Waals surface area contributed by atoms with E-state index in [1.54, 1.807) is 22.7 Å². The largest absolute Gasteiger partial charge is 0.226 e. The fraction of sp³-hybridized carbons (Fsp3) is 0. The van der Waals surface area contributed by atoms with Crippen molar-refractivity contribution >= 4 is 63.1 Å². The van der Waals surface area contributed by atoms with E-state index in [4.69, 9.17) is 24.9 Å². The number of hydrogen-bond acceptors (Lipinski definition) is 8. The number of nitrogens with zero attached hydrogens (tertiary/aromatic N) is 6. The van der Waals surface area contributed by atoms with Gasteiger partial charge in [-0.15, -0.1) is 22.7 Å². The Morgan fingerprint density at radius 1 is 0.362 bits per heavy atom. The maximum Gasteiger partial charge on any atom is 0.164 e. The van der Waals surface area contributed by atoms with Crippen molar-refractivity contribution in [2.45, 2.75) is 0 Å². The average molecular weight is 777 g/mol. The van der Waals surface area contributed by atoms with E-state index in [1.807, 2.05) is 84.9 Å². The third kappa shape index (κ3) is 5.98. The minimum Gasteiger partial charge on any atom is -0.226 e. The van der Waals surface area contributed by atoms with Crippen molar-refractivity contribution in [2.24, 2.45) is 0 Å². The summed E-state index contributed by atoms with van der Waals surface area (Å²) < 4.78 is 4.63. The van der Waals surface area contributed by atoms with Crippen LogP contribution in [0.3, 0.4) is 0 Å². The van der Waals surface area contributed by atoms with Gasteiger partial charge in [-0.2, -0.15) is 5.26 Å².